The molecule has 1 aromatic carbocycles. The van der Waals surface area contributed by atoms with Crippen molar-refractivity contribution < 1.29 is 28.6 Å². The standard InChI is InChI=1S/C21H25NO6S/c1-5-7-9-28-18(23)13-22-20(24)17(29-21(22)25)12-14-10-15(8-6-2)19(27-4)16(11-14)26-3/h6,10-12H,2,5,7-9,13H2,1,3-4H3/b17-12-. The number of carbonyl (C=O) groups is 3. The third kappa shape index (κ3) is 5.63. The van der Waals surface area contributed by atoms with Gasteiger partial charge in [0.15, 0.2) is 11.5 Å². The lowest BCUT2D eigenvalue weighted by atomic mass is 10.0. The van der Waals surface area contributed by atoms with Crippen molar-refractivity contribution in [2.45, 2.75) is 26.2 Å². The largest absolute Gasteiger partial charge is 0.493 e. The molecule has 7 nitrogen and oxygen atoms in total. The molecule has 0 spiro atoms. The minimum absolute atomic E-state index is 0.230. The Balaban J connectivity index is 2.23. The molecule has 0 bridgehead atoms. The maximum atomic E-state index is 12.6. The lowest BCUT2D eigenvalue weighted by Gasteiger charge is -2.13. The first kappa shape index (κ1) is 22.5. The van der Waals surface area contributed by atoms with E-state index >= 15 is 0 Å². The van der Waals surface area contributed by atoms with Crippen molar-refractivity contribution in [2.75, 3.05) is 27.4 Å². The number of ether oxygens (including phenoxy) is 3. The van der Waals surface area contributed by atoms with Gasteiger partial charge in [0.2, 0.25) is 0 Å². The smallest absolute Gasteiger partial charge is 0.326 e. The van der Waals surface area contributed by atoms with E-state index in [1.54, 1.807) is 25.3 Å². The van der Waals surface area contributed by atoms with Gasteiger partial charge in [-0.25, -0.2) is 0 Å². The number of unbranched alkanes of at least 4 members (excludes halogenated alkanes) is 1. The molecule has 156 valence electrons. The number of esters is 1. The summed E-state index contributed by atoms with van der Waals surface area (Å²) in [5.74, 6) is -0.0156. The second kappa shape index (κ2) is 10.7. The van der Waals surface area contributed by atoms with Crippen LogP contribution in [0.3, 0.4) is 0 Å². The monoisotopic (exact) mass is 419 g/mol. The summed E-state index contributed by atoms with van der Waals surface area (Å²) < 4.78 is 15.8. The summed E-state index contributed by atoms with van der Waals surface area (Å²) in [6.45, 7) is 5.60. The Morgan fingerprint density at radius 3 is 2.62 bits per heavy atom. The lowest BCUT2D eigenvalue weighted by molar-refractivity contribution is -0.146. The van der Waals surface area contributed by atoms with E-state index in [0.717, 1.165) is 35.1 Å². The van der Waals surface area contributed by atoms with Gasteiger partial charge in [0.25, 0.3) is 11.1 Å². The molecule has 1 aromatic rings. The Morgan fingerprint density at radius 1 is 1.24 bits per heavy atom. The summed E-state index contributed by atoms with van der Waals surface area (Å²) in [7, 11) is 3.08. The normalized spacial score (nSPS) is 15.0. The number of hydrogen-bond donors (Lipinski definition) is 0. The van der Waals surface area contributed by atoms with Gasteiger partial charge in [-0.15, -0.1) is 6.58 Å². The average molecular weight is 419 g/mol. The molecule has 29 heavy (non-hydrogen) atoms. The highest BCUT2D eigenvalue weighted by atomic mass is 32.2. The second-order valence-corrected chi connectivity index (χ2v) is 7.24. The maximum Gasteiger partial charge on any atom is 0.326 e. The number of carbonyl (C=O) groups excluding carboxylic acids is 3. The van der Waals surface area contributed by atoms with Crippen LogP contribution in [0.15, 0.2) is 29.7 Å². The predicted octanol–water partition coefficient (Wildman–Crippen LogP) is 3.81. The van der Waals surface area contributed by atoms with Gasteiger partial charge in [-0.05, 0) is 48.4 Å². The van der Waals surface area contributed by atoms with Crippen LogP contribution in [0.4, 0.5) is 4.79 Å². The van der Waals surface area contributed by atoms with Gasteiger partial charge >= 0.3 is 5.97 Å². The molecule has 0 aromatic heterocycles. The Kier molecular flexibility index (Phi) is 8.33. The number of nitrogens with zero attached hydrogens (tertiary/aromatic N) is 1. The van der Waals surface area contributed by atoms with Crippen molar-refractivity contribution >= 4 is 35.0 Å². The number of allylic oxidation sites excluding steroid dienone is 1. The van der Waals surface area contributed by atoms with Crippen LogP contribution in [0.5, 0.6) is 11.5 Å². The molecule has 0 unspecified atom stereocenters. The van der Waals surface area contributed by atoms with Crippen molar-refractivity contribution in [3.8, 4) is 11.5 Å². The molecule has 8 heteroatoms. The highest BCUT2D eigenvalue weighted by molar-refractivity contribution is 8.18. The summed E-state index contributed by atoms with van der Waals surface area (Å²) in [5.41, 5.74) is 1.52. The van der Waals surface area contributed by atoms with E-state index in [1.807, 2.05) is 13.0 Å². The fourth-order valence-corrected chi connectivity index (χ4v) is 3.59. The Morgan fingerprint density at radius 2 is 2.00 bits per heavy atom. The quantitative estimate of drug-likeness (QED) is 0.247. The predicted molar refractivity (Wildman–Crippen MR) is 112 cm³/mol. The molecule has 0 atom stereocenters. The summed E-state index contributed by atoms with van der Waals surface area (Å²) in [6, 6.07) is 3.56. The molecule has 1 aliphatic heterocycles. The van der Waals surface area contributed by atoms with E-state index in [2.05, 4.69) is 6.58 Å². The molecular formula is C21H25NO6S. The van der Waals surface area contributed by atoms with Crippen molar-refractivity contribution in [3.63, 3.8) is 0 Å². The van der Waals surface area contributed by atoms with Crippen molar-refractivity contribution in [1.29, 1.82) is 0 Å². The van der Waals surface area contributed by atoms with E-state index in [0.29, 0.717) is 23.5 Å². The SMILES string of the molecule is C=CCc1cc(/C=C2\SC(=O)N(CC(=O)OCCCC)C2=O)cc(OC)c1OC. The third-order valence-corrected chi connectivity index (χ3v) is 5.07. The zero-order chi connectivity index (χ0) is 21.4. The number of rotatable bonds is 10. The molecule has 2 rings (SSSR count). The van der Waals surface area contributed by atoms with Gasteiger partial charge in [-0.1, -0.05) is 19.4 Å². The minimum atomic E-state index is -0.596. The molecule has 0 N–H and O–H groups in total. The van der Waals surface area contributed by atoms with Crippen LogP contribution in [-0.4, -0.2) is 49.4 Å². The van der Waals surface area contributed by atoms with Crippen molar-refractivity contribution in [1.82, 2.24) is 4.90 Å². The molecule has 1 fully saturated rings. The van der Waals surface area contributed by atoms with Crippen LogP contribution in [0, 0.1) is 0 Å². The molecule has 1 saturated heterocycles. The van der Waals surface area contributed by atoms with Gasteiger partial charge in [0.1, 0.15) is 6.54 Å². The third-order valence-electron chi connectivity index (χ3n) is 4.16. The summed E-state index contributed by atoms with van der Waals surface area (Å²) in [4.78, 5) is 37.8. The zero-order valence-corrected chi connectivity index (χ0v) is 17.7. The van der Waals surface area contributed by atoms with Crippen molar-refractivity contribution in [3.05, 3.63) is 40.8 Å². The van der Waals surface area contributed by atoms with Gasteiger partial charge < -0.3 is 14.2 Å². The number of amides is 2. The summed E-state index contributed by atoms with van der Waals surface area (Å²) in [5, 5.41) is -0.500. The fraction of sp³-hybridized carbons (Fsp3) is 0.381. The van der Waals surface area contributed by atoms with E-state index in [1.165, 1.54) is 7.11 Å². The second-order valence-electron chi connectivity index (χ2n) is 6.25. The topological polar surface area (TPSA) is 82.1 Å². The van der Waals surface area contributed by atoms with Crippen molar-refractivity contribution in [2.24, 2.45) is 0 Å². The van der Waals surface area contributed by atoms with Crippen LogP contribution in [-0.2, 0) is 20.7 Å². The van der Waals surface area contributed by atoms with Gasteiger partial charge in [-0.3, -0.25) is 19.3 Å². The van der Waals surface area contributed by atoms with Crippen LogP contribution in [0.25, 0.3) is 6.08 Å². The molecular weight excluding hydrogens is 394 g/mol. The van der Waals surface area contributed by atoms with Crippen LogP contribution >= 0.6 is 11.8 Å². The lowest BCUT2D eigenvalue weighted by Crippen LogP contribution is -2.34. The highest BCUT2D eigenvalue weighted by Gasteiger charge is 2.36. The van der Waals surface area contributed by atoms with E-state index in [-0.39, 0.29) is 18.1 Å². The fourth-order valence-electron chi connectivity index (χ4n) is 2.75. The zero-order valence-electron chi connectivity index (χ0n) is 16.9. The maximum absolute atomic E-state index is 12.6. The summed E-state index contributed by atoms with van der Waals surface area (Å²) in [6.07, 6.45) is 5.50. The Bertz CT molecular complexity index is 833. The van der Waals surface area contributed by atoms with E-state index in [9.17, 15) is 14.4 Å². The van der Waals surface area contributed by atoms with Crippen LogP contribution in [0.2, 0.25) is 0 Å². The first-order chi connectivity index (χ1) is 13.9. The molecule has 0 saturated carbocycles. The first-order valence-corrected chi connectivity index (χ1v) is 10.0. The Labute approximate surface area is 174 Å². The molecule has 2 amide bonds. The van der Waals surface area contributed by atoms with Crippen LogP contribution in [0.1, 0.15) is 30.9 Å². The van der Waals surface area contributed by atoms with Gasteiger partial charge in [-0.2, -0.15) is 0 Å². The number of hydrogen-bond acceptors (Lipinski definition) is 7. The van der Waals surface area contributed by atoms with E-state index < -0.39 is 17.1 Å². The summed E-state index contributed by atoms with van der Waals surface area (Å²) >= 11 is 0.788. The van der Waals surface area contributed by atoms with Gasteiger partial charge in [0.05, 0.1) is 25.7 Å². The first-order valence-electron chi connectivity index (χ1n) is 9.21. The minimum Gasteiger partial charge on any atom is -0.493 e. The number of methoxy groups -OCH3 is 2. The number of imide groups is 1. The molecule has 0 aliphatic carbocycles. The Hall–Kier alpha value is -2.74. The van der Waals surface area contributed by atoms with Gasteiger partial charge in [0, 0.05) is 5.56 Å². The molecule has 1 heterocycles. The molecule has 0 radical (unpaired) electrons. The molecule has 1 aliphatic rings. The van der Waals surface area contributed by atoms with E-state index in [4.69, 9.17) is 14.2 Å². The average Bonchev–Trinajstić information content (AvgIpc) is 2.95. The van der Waals surface area contributed by atoms with Crippen LogP contribution < -0.4 is 9.47 Å². The number of benzene rings is 1. The highest BCUT2D eigenvalue weighted by Crippen LogP contribution is 2.36. The number of thioether (sulfide) groups is 1.